The number of methoxy groups -OCH3 is 4. The first kappa shape index (κ1) is 18.9. The Labute approximate surface area is 169 Å². The van der Waals surface area contributed by atoms with E-state index < -0.39 is 0 Å². The van der Waals surface area contributed by atoms with E-state index in [1.807, 2.05) is 43.7 Å². The third-order valence-corrected chi connectivity index (χ3v) is 5.16. The number of rotatable bonds is 6. The second kappa shape index (κ2) is 7.54. The van der Waals surface area contributed by atoms with E-state index in [2.05, 4.69) is 15.6 Å². The highest BCUT2D eigenvalue weighted by molar-refractivity contribution is 6.11. The standard InChI is InChI=1S/C23H24N2O4/c1-14-11-25(13-24-14)12-16-6-15-7-20(26-2)21(27-3)8-17(15)19-10-23(29-5)22(28-4)9-18(16)19/h6-11,13H,12H2,1-5H3. The summed E-state index contributed by atoms with van der Waals surface area (Å²) in [6.07, 6.45) is 3.88. The van der Waals surface area contributed by atoms with Gasteiger partial charge in [-0.05, 0) is 64.4 Å². The number of ether oxygens (including phenoxy) is 4. The monoisotopic (exact) mass is 392 g/mol. The van der Waals surface area contributed by atoms with Crippen LogP contribution in [0.3, 0.4) is 0 Å². The summed E-state index contributed by atoms with van der Waals surface area (Å²) in [6, 6.07) is 10.2. The summed E-state index contributed by atoms with van der Waals surface area (Å²) in [5.74, 6) is 2.77. The highest BCUT2D eigenvalue weighted by atomic mass is 16.5. The van der Waals surface area contributed by atoms with E-state index >= 15 is 0 Å². The summed E-state index contributed by atoms with van der Waals surface area (Å²) >= 11 is 0. The van der Waals surface area contributed by atoms with E-state index in [-0.39, 0.29) is 0 Å². The largest absolute Gasteiger partial charge is 0.493 e. The molecule has 29 heavy (non-hydrogen) atoms. The van der Waals surface area contributed by atoms with Crippen molar-refractivity contribution < 1.29 is 18.9 Å². The lowest BCUT2D eigenvalue weighted by Gasteiger charge is -2.16. The van der Waals surface area contributed by atoms with Gasteiger partial charge in [0.1, 0.15) is 0 Å². The van der Waals surface area contributed by atoms with Crippen molar-refractivity contribution in [3.8, 4) is 23.0 Å². The minimum absolute atomic E-state index is 0.687. The molecule has 4 rings (SSSR count). The first-order chi connectivity index (χ1) is 14.1. The van der Waals surface area contributed by atoms with Gasteiger partial charge in [-0.15, -0.1) is 0 Å². The van der Waals surface area contributed by atoms with Crippen LogP contribution >= 0.6 is 0 Å². The molecule has 6 nitrogen and oxygen atoms in total. The number of hydrogen-bond donors (Lipinski definition) is 0. The molecule has 1 aromatic heterocycles. The van der Waals surface area contributed by atoms with Gasteiger partial charge >= 0.3 is 0 Å². The highest BCUT2D eigenvalue weighted by Crippen LogP contribution is 2.41. The van der Waals surface area contributed by atoms with Gasteiger partial charge in [-0.25, -0.2) is 4.98 Å². The zero-order valence-corrected chi connectivity index (χ0v) is 17.3. The molecule has 0 bridgehead atoms. The summed E-state index contributed by atoms with van der Waals surface area (Å²) in [5, 5.41) is 4.28. The number of nitrogens with zero attached hydrogens (tertiary/aromatic N) is 2. The molecule has 0 unspecified atom stereocenters. The molecule has 4 aromatic rings. The van der Waals surface area contributed by atoms with Crippen LogP contribution in [0, 0.1) is 6.92 Å². The Kier molecular flexibility index (Phi) is 4.92. The van der Waals surface area contributed by atoms with Crippen molar-refractivity contribution in [1.29, 1.82) is 0 Å². The van der Waals surface area contributed by atoms with Crippen molar-refractivity contribution in [3.63, 3.8) is 0 Å². The minimum atomic E-state index is 0.687. The van der Waals surface area contributed by atoms with Crippen molar-refractivity contribution >= 4 is 21.5 Å². The van der Waals surface area contributed by atoms with Crippen LogP contribution in [-0.4, -0.2) is 38.0 Å². The Morgan fingerprint density at radius 1 is 0.724 bits per heavy atom. The lowest BCUT2D eigenvalue weighted by Crippen LogP contribution is -2.00. The lowest BCUT2D eigenvalue weighted by atomic mass is 9.96. The van der Waals surface area contributed by atoms with Gasteiger partial charge < -0.3 is 23.5 Å². The molecule has 0 aliphatic carbocycles. The number of aryl methyl sites for hydroxylation is 1. The van der Waals surface area contributed by atoms with Crippen molar-refractivity contribution in [2.75, 3.05) is 28.4 Å². The lowest BCUT2D eigenvalue weighted by molar-refractivity contribution is 0.355. The molecule has 0 fully saturated rings. The molecular formula is C23H24N2O4. The van der Waals surface area contributed by atoms with Crippen LogP contribution in [-0.2, 0) is 6.54 Å². The van der Waals surface area contributed by atoms with Crippen LogP contribution in [0.1, 0.15) is 11.3 Å². The van der Waals surface area contributed by atoms with E-state index in [4.69, 9.17) is 18.9 Å². The van der Waals surface area contributed by atoms with Gasteiger partial charge in [0.15, 0.2) is 23.0 Å². The van der Waals surface area contributed by atoms with Crippen molar-refractivity contribution in [1.82, 2.24) is 9.55 Å². The number of hydrogen-bond acceptors (Lipinski definition) is 5. The van der Waals surface area contributed by atoms with E-state index in [1.165, 1.54) is 0 Å². The second-order valence-electron chi connectivity index (χ2n) is 6.90. The van der Waals surface area contributed by atoms with E-state index in [0.717, 1.165) is 32.8 Å². The molecule has 3 aromatic carbocycles. The van der Waals surface area contributed by atoms with E-state index in [0.29, 0.717) is 29.5 Å². The Morgan fingerprint density at radius 3 is 1.83 bits per heavy atom. The van der Waals surface area contributed by atoms with Crippen LogP contribution in [0.15, 0.2) is 42.9 Å². The van der Waals surface area contributed by atoms with Crippen LogP contribution in [0.2, 0.25) is 0 Å². The predicted octanol–water partition coefficient (Wildman–Crippen LogP) is 4.58. The molecule has 0 atom stereocenters. The summed E-state index contributed by atoms with van der Waals surface area (Å²) in [6.45, 7) is 2.68. The van der Waals surface area contributed by atoms with Gasteiger partial charge in [-0.1, -0.05) is 0 Å². The molecule has 0 radical (unpaired) electrons. The summed E-state index contributed by atoms with van der Waals surface area (Å²) in [5.41, 5.74) is 2.14. The number of benzene rings is 3. The number of aromatic nitrogens is 2. The van der Waals surface area contributed by atoms with Crippen LogP contribution in [0.4, 0.5) is 0 Å². The number of imidazole rings is 1. The third kappa shape index (κ3) is 3.31. The molecule has 0 spiro atoms. The molecule has 1 heterocycles. The molecule has 0 aliphatic rings. The second-order valence-corrected chi connectivity index (χ2v) is 6.90. The SMILES string of the molecule is COc1cc2cc(Cn3cnc(C)c3)c3cc(OC)c(OC)cc3c2cc1OC. The van der Waals surface area contributed by atoms with Crippen LogP contribution in [0.5, 0.6) is 23.0 Å². The maximum Gasteiger partial charge on any atom is 0.161 e. The predicted molar refractivity (Wildman–Crippen MR) is 114 cm³/mol. The summed E-state index contributed by atoms with van der Waals surface area (Å²) < 4.78 is 24.2. The molecule has 0 N–H and O–H groups in total. The summed E-state index contributed by atoms with van der Waals surface area (Å²) in [7, 11) is 6.59. The normalized spacial score (nSPS) is 11.1. The zero-order valence-electron chi connectivity index (χ0n) is 17.3. The third-order valence-electron chi connectivity index (χ3n) is 5.16. The first-order valence-corrected chi connectivity index (χ1v) is 9.29. The number of fused-ring (bicyclic) bond motifs is 3. The zero-order chi connectivity index (χ0) is 20.5. The van der Waals surface area contributed by atoms with E-state index in [1.54, 1.807) is 28.4 Å². The van der Waals surface area contributed by atoms with Crippen molar-refractivity contribution in [3.05, 3.63) is 54.1 Å². The topological polar surface area (TPSA) is 54.7 Å². The van der Waals surface area contributed by atoms with Crippen LogP contribution < -0.4 is 18.9 Å². The van der Waals surface area contributed by atoms with Gasteiger partial charge in [0, 0.05) is 12.7 Å². The molecule has 6 heteroatoms. The Morgan fingerprint density at radius 2 is 1.28 bits per heavy atom. The fraction of sp³-hybridized carbons (Fsp3) is 0.261. The molecule has 0 aliphatic heterocycles. The van der Waals surface area contributed by atoms with Gasteiger partial charge in [0.2, 0.25) is 0 Å². The van der Waals surface area contributed by atoms with Crippen molar-refractivity contribution in [2.45, 2.75) is 13.5 Å². The minimum Gasteiger partial charge on any atom is -0.493 e. The fourth-order valence-corrected chi connectivity index (χ4v) is 3.77. The molecule has 0 saturated heterocycles. The summed E-state index contributed by atoms with van der Waals surface area (Å²) in [4.78, 5) is 4.35. The fourth-order valence-electron chi connectivity index (χ4n) is 3.77. The maximum absolute atomic E-state index is 5.56. The molecule has 150 valence electrons. The quantitative estimate of drug-likeness (QED) is 0.450. The van der Waals surface area contributed by atoms with Crippen molar-refractivity contribution in [2.24, 2.45) is 0 Å². The van der Waals surface area contributed by atoms with E-state index in [9.17, 15) is 0 Å². The Balaban J connectivity index is 2.05. The van der Waals surface area contributed by atoms with Crippen LogP contribution in [0.25, 0.3) is 21.5 Å². The smallest absolute Gasteiger partial charge is 0.161 e. The molecule has 0 saturated carbocycles. The average molecular weight is 392 g/mol. The van der Waals surface area contributed by atoms with Gasteiger partial charge in [0.25, 0.3) is 0 Å². The average Bonchev–Trinajstić information content (AvgIpc) is 3.16. The molecule has 0 amide bonds. The van der Waals surface area contributed by atoms with Gasteiger partial charge in [0.05, 0.1) is 40.5 Å². The van der Waals surface area contributed by atoms with Gasteiger partial charge in [-0.2, -0.15) is 0 Å². The Bertz CT molecular complexity index is 1200. The Hall–Kier alpha value is -3.41. The maximum atomic E-state index is 5.56. The molecular weight excluding hydrogens is 368 g/mol. The highest BCUT2D eigenvalue weighted by Gasteiger charge is 2.15. The van der Waals surface area contributed by atoms with Gasteiger partial charge in [-0.3, -0.25) is 0 Å². The first-order valence-electron chi connectivity index (χ1n) is 9.29.